The van der Waals surface area contributed by atoms with Crippen molar-refractivity contribution in [2.24, 2.45) is 0 Å². The highest BCUT2D eigenvalue weighted by molar-refractivity contribution is 14.1. The van der Waals surface area contributed by atoms with Crippen molar-refractivity contribution in [2.75, 3.05) is 32.7 Å². The van der Waals surface area contributed by atoms with E-state index in [1.54, 1.807) is 0 Å². The molecule has 1 aromatic rings. The van der Waals surface area contributed by atoms with Crippen molar-refractivity contribution in [2.45, 2.75) is 13.0 Å². The van der Waals surface area contributed by atoms with E-state index in [1.165, 1.54) is 9.13 Å². The van der Waals surface area contributed by atoms with Crippen molar-refractivity contribution in [1.82, 2.24) is 10.2 Å². The summed E-state index contributed by atoms with van der Waals surface area (Å²) in [6.07, 6.45) is 1.04. The Kier molecular flexibility index (Phi) is 4.04. The molecule has 0 spiro atoms. The number of esters is 1. The van der Waals surface area contributed by atoms with Gasteiger partial charge in [0.25, 0.3) is 0 Å². The van der Waals surface area contributed by atoms with Gasteiger partial charge in [-0.2, -0.15) is 0 Å². The zero-order valence-corrected chi connectivity index (χ0v) is 12.9. The normalized spacial score (nSPS) is 19.3. The number of halogens is 1. The third-order valence-corrected chi connectivity index (χ3v) is 5.14. The molecule has 0 saturated carbocycles. The first kappa shape index (κ1) is 13.3. The van der Waals surface area contributed by atoms with E-state index in [2.05, 4.69) is 38.9 Å². The number of hydrogen-bond donors (Lipinski definition) is 1. The van der Waals surface area contributed by atoms with E-state index in [0.29, 0.717) is 6.61 Å². The molecule has 4 nitrogen and oxygen atoms in total. The molecular weight excluding hydrogens is 355 g/mol. The van der Waals surface area contributed by atoms with Gasteiger partial charge in [-0.1, -0.05) is 6.07 Å². The number of nitrogens with one attached hydrogen (secondary N) is 1. The molecule has 1 saturated heterocycles. The highest BCUT2D eigenvalue weighted by Crippen LogP contribution is 2.28. The number of benzene rings is 1. The molecule has 19 heavy (non-hydrogen) atoms. The zero-order valence-electron chi connectivity index (χ0n) is 10.7. The molecule has 0 bridgehead atoms. The first-order chi connectivity index (χ1) is 9.25. The Balaban J connectivity index is 1.70. The minimum atomic E-state index is -0.179. The number of fused-ring (bicyclic) bond motifs is 1. The summed E-state index contributed by atoms with van der Waals surface area (Å²) >= 11 is 2.35. The molecule has 2 heterocycles. The second-order valence-corrected chi connectivity index (χ2v) is 6.06. The minimum absolute atomic E-state index is 0.179. The lowest BCUT2D eigenvalue weighted by Gasteiger charge is -2.27. The predicted molar refractivity (Wildman–Crippen MR) is 81.3 cm³/mol. The molecular formula is C14H17IN2O2. The summed E-state index contributed by atoms with van der Waals surface area (Å²) in [5, 5.41) is 3.37. The zero-order chi connectivity index (χ0) is 13.2. The second-order valence-electron chi connectivity index (χ2n) is 4.98. The third-order valence-electron chi connectivity index (χ3n) is 3.80. The summed E-state index contributed by atoms with van der Waals surface area (Å²) in [7, 11) is 0. The van der Waals surface area contributed by atoms with Crippen molar-refractivity contribution < 1.29 is 9.53 Å². The smallest absolute Gasteiger partial charge is 0.338 e. The van der Waals surface area contributed by atoms with Crippen LogP contribution in [-0.4, -0.2) is 43.6 Å². The fraction of sp³-hybridized carbons (Fsp3) is 0.500. The maximum absolute atomic E-state index is 11.5. The summed E-state index contributed by atoms with van der Waals surface area (Å²) in [6, 6.07) is 4.00. The molecule has 0 amide bonds. The molecule has 0 radical (unpaired) electrons. The topological polar surface area (TPSA) is 41.6 Å². The molecule has 2 aliphatic heterocycles. The first-order valence-corrected chi connectivity index (χ1v) is 7.74. The van der Waals surface area contributed by atoms with Crippen LogP contribution in [0.15, 0.2) is 12.1 Å². The van der Waals surface area contributed by atoms with Gasteiger partial charge in [0.2, 0.25) is 0 Å². The molecule has 5 heteroatoms. The van der Waals surface area contributed by atoms with E-state index in [1.807, 2.05) is 6.07 Å². The number of rotatable bonds is 3. The number of nitrogens with zero attached hydrogens (tertiary/aromatic N) is 1. The molecule has 0 aromatic heterocycles. The number of hydrogen-bond acceptors (Lipinski definition) is 4. The Labute approximate surface area is 126 Å². The second kappa shape index (κ2) is 5.76. The lowest BCUT2D eigenvalue weighted by molar-refractivity contribution is 0.0534. The number of cyclic esters (lactones) is 1. The quantitative estimate of drug-likeness (QED) is 0.644. The van der Waals surface area contributed by atoms with Crippen molar-refractivity contribution in [3.63, 3.8) is 0 Å². The fourth-order valence-corrected chi connectivity index (χ4v) is 3.52. The van der Waals surface area contributed by atoms with Gasteiger partial charge in [-0.3, -0.25) is 0 Å². The number of ether oxygens (including phenoxy) is 1. The van der Waals surface area contributed by atoms with Crippen LogP contribution in [-0.2, 0) is 17.8 Å². The number of carbonyl (C=O) groups is 1. The highest BCUT2D eigenvalue weighted by atomic mass is 127. The monoisotopic (exact) mass is 372 g/mol. The van der Waals surface area contributed by atoms with Gasteiger partial charge < -0.3 is 15.0 Å². The highest BCUT2D eigenvalue weighted by Gasteiger charge is 2.24. The summed E-state index contributed by atoms with van der Waals surface area (Å²) in [5.41, 5.74) is 3.15. The molecule has 0 aliphatic carbocycles. The van der Waals surface area contributed by atoms with E-state index >= 15 is 0 Å². The Hall–Kier alpha value is -0.660. The Morgan fingerprint density at radius 3 is 2.89 bits per heavy atom. The summed E-state index contributed by atoms with van der Waals surface area (Å²) in [4.78, 5) is 14.0. The SMILES string of the molecule is O=C1OCc2c1ccc(CCN1CCNCC1)c2I. The molecule has 0 atom stereocenters. The van der Waals surface area contributed by atoms with Crippen LogP contribution >= 0.6 is 22.6 Å². The van der Waals surface area contributed by atoms with Crippen LogP contribution < -0.4 is 5.32 Å². The van der Waals surface area contributed by atoms with Crippen LogP contribution in [0.3, 0.4) is 0 Å². The third kappa shape index (κ3) is 2.78. The van der Waals surface area contributed by atoms with Gasteiger partial charge in [-0.15, -0.1) is 0 Å². The van der Waals surface area contributed by atoms with Gasteiger partial charge in [-0.25, -0.2) is 4.79 Å². The van der Waals surface area contributed by atoms with E-state index in [-0.39, 0.29) is 5.97 Å². The van der Waals surface area contributed by atoms with Crippen LogP contribution in [0.2, 0.25) is 0 Å². The lowest BCUT2D eigenvalue weighted by atomic mass is 10.0. The molecule has 3 rings (SSSR count). The Morgan fingerprint density at radius 2 is 2.11 bits per heavy atom. The van der Waals surface area contributed by atoms with Crippen LogP contribution in [0.4, 0.5) is 0 Å². The van der Waals surface area contributed by atoms with E-state index < -0.39 is 0 Å². The van der Waals surface area contributed by atoms with Crippen LogP contribution in [0, 0.1) is 3.57 Å². The lowest BCUT2D eigenvalue weighted by Crippen LogP contribution is -2.44. The molecule has 1 N–H and O–H groups in total. The molecule has 2 aliphatic rings. The maximum atomic E-state index is 11.5. The van der Waals surface area contributed by atoms with Crippen LogP contribution in [0.5, 0.6) is 0 Å². The van der Waals surface area contributed by atoms with Crippen molar-refractivity contribution >= 4 is 28.6 Å². The maximum Gasteiger partial charge on any atom is 0.338 e. The largest absolute Gasteiger partial charge is 0.457 e. The van der Waals surface area contributed by atoms with Gasteiger partial charge >= 0.3 is 5.97 Å². The first-order valence-electron chi connectivity index (χ1n) is 6.66. The van der Waals surface area contributed by atoms with Gasteiger partial charge in [0.15, 0.2) is 0 Å². The molecule has 1 aromatic carbocycles. The van der Waals surface area contributed by atoms with Gasteiger partial charge in [-0.05, 0) is 40.6 Å². The minimum Gasteiger partial charge on any atom is -0.457 e. The number of carbonyl (C=O) groups excluding carboxylic acids is 1. The molecule has 102 valence electrons. The van der Waals surface area contributed by atoms with Crippen molar-refractivity contribution in [3.05, 3.63) is 32.4 Å². The average Bonchev–Trinajstić information content (AvgIpc) is 2.82. The van der Waals surface area contributed by atoms with Crippen molar-refractivity contribution in [1.29, 1.82) is 0 Å². The molecule has 0 unspecified atom stereocenters. The predicted octanol–water partition coefficient (Wildman–Crippen LogP) is 1.41. The van der Waals surface area contributed by atoms with E-state index in [4.69, 9.17) is 4.74 Å². The Bertz CT molecular complexity index is 498. The van der Waals surface area contributed by atoms with Gasteiger partial charge in [0, 0.05) is 41.9 Å². The average molecular weight is 372 g/mol. The van der Waals surface area contributed by atoms with Crippen molar-refractivity contribution in [3.8, 4) is 0 Å². The van der Waals surface area contributed by atoms with Gasteiger partial charge in [0.05, 0.1) is 5.56 Å². The summed E-state index contributed by atoms with van der Waals surface area (Å²) in [5.74, 6) is -0.179. The van der Waals surface area contributed by atoms with Gasteiger partial charge in [0.1, 0.15) is 6.61 Å². The van der Waals surface area contributed by atoms with Crippen LogP contribution in [0.1, 0.15) is 21.5 Å². The number of piperazine rings is 1. The standard InChI is InChI=1S/C14H17IN2O2/c15-13-10(3-6-17-7-4-16-5-8-17)1-2-11-12(13)9-19-14(11)18/h1-2,16H,3-9H2. The Morgan fingerprint density at radius 1 is 1.32 bits per heavy atom. The van der Waals surface area contributed by atoms with Crippen LogP contribution in [0.25, 0.3) is 0 Å². The van der Waals surface area contributed by atoms with E-state index in [9.17, 15) is 4.79 Å². The molecule has 1 fully saturated rings. The summed E-state index contributed by atoms with van der Waals surface area (Å²) < 4.78 is 6.30. The summed E-state index contributed by atoms with van der Waals surface area (Å²) in [6.45, 7) is 5.96. The fourth-order valence-electron chi connectivity index (χ4n) is 2.62. The van der Waals surface area contributed by atoms with E-state index in [0.717, 1.165) is 50.3 Å².